The predicted octanol–water partition coefficient (Wildman–Crippen LogP) is 1.27. The van der Waals surface area contributed by atoms with E-state index in [1.54, 1.807) is 11.7 Å². The summed E-state index contributed by atoms with van der Waals surface area (Å²) < 4.78 is 1.64. The van der Waals surface area contributed by atoms with Gasteiger partial charge in [0.25, 0.3) is 5.91 Å². The van der Waals surface area contributed by atoms with Gasteiger partial charge in [-0.2, -0.15) is 5.10 Å². The first-order valence-corrected chi connectivity index (χ1v) is 6.54. The summed E-state index contributed by atoms with van der Waals surface area (Å²) in [6.07, 6.45) is 1.10. The molecule has 2 N–H and O–H groups in total. The summed E-state index contributed by atoms with van der Waals surface area (Å²) in [6, 6.07) is 2.31. The highest BCUT2D eigenvalue weighted by Crippen LogP contribution is 2.16. The van der Waals surface area contributed by atoms with Gasteiger partial charge in [-0.15, -0.1) is 12.4 Å². The largest absolute Gasteiger partial charge is 0.346 e. The van der Waals surface area contributed by atoms with Gasteiger partial charge in [0.05, 0.1) is 5.69 Å². The second-order valence-electron chi connectivity index (χ2n) is 5.30. The lowest BCUT2D eigenvalue weighted by molar-refractivity contribution is 0.0888. The third-order valence-corrected chi connectivity index (χ3v) is 3.75. The second kappa shape index (κ2) is 6.39. The lowest BCUT2D eigenvalue weighted by Gasteiger charge is -2.35. The Morgan fingerprint density at radius 2 is 2.21 bits per heavy atom. The van der Waals surface area contributed by atoms with Gasteiger partial charge in [0.1, 0.15) is 5.69 Å². The summed E-state index contributed by atoms with van der Waals surface area (Å²) in [7, 11) is 1.80. The highest BCUT2D eigenvalue weighted by atomic mass is 35.5. The van der Waals surface area contributed by atoms with Crippen LogP contribution in [0.2, 0.25) is 0 Å². The molecule has 1 aromatic heterocycles. The normalized spacial score (nSPS) is 26.6. The van der Waals surface area contributed by atoms with E-state index < -0.39 is 0 Å². The molecule has 3 unspecified atom stereocenters. The van der Waals surface area contributed by atoms with Gasteiger partial charge in [-0.3, -0.25) is 9.48 Å². The lowest BCUT2D eigenvalue weighted by atomic mass is 9.89. The molecule has 0 bridgehead atoms. The molecule has 0 saturated carbocycles. The molecule has 19 heavy (non-hydrogen) atoms. The van der Waals surface area contributed by atoms with E-state index in [-0.39, 0.29) is 24.4 Å². The Balaban J connectivity index is 0.00000180. The number of carbonyl (C=O) groups excluding carboxylic acids is 1. The van der Waals surface area contributed by atoms with Crippen molar-refractivity contribution < 1.29 is 4.79 Å². The zero-order valence-electron chi connectivity index (χ0n) is 11.9. The monoisotopic (exact) mass is 286 g/mol. The number of nitrogens with one attached hydrogen (secondary N) is 2. The van der Waals surface area contributed by atoms with Crippen molar-refractivity contribution in [2.75, 3.05) is 6.54 Å². The number of amides is 1. The molecule has 1 saturated heterocycles. The molecule has 1 fully saturated rings. The minimum atomic E-state index is -0.0366. The molecule has 5 nitrogen and oxygen atoms in total. The summed E-state index contributed by atoms with van der Waals surface area (Å²) in [5.74, 6) is 0.463. The maximum absolute atomic E-state index is 12.2. The van der Waals surface area contributed by atoms with E-state index in [0.29, 0.717) is 17.7 Å². The number of piperidine rings is 1. The Kier molecular flexibility index (Phi) is 5.38. The van der Waals surface area contributed by atoms with Crippen molar-refractivity contribution in [3.8, 4) is 0 Å². The fraction of sp³-hybridized carbons (Fsp3) is 0.692. The van der Waals surface area contributed by atoms with Crippen LogP contribution in [0.15, 0.2) is 6.07 Å². The number of halogens is 1. The third kappa shape index (κ3) is 3.48. The van der Waals surface area contributed by atoms with E-state index in [9.17, 15) is 4.79 Å². The van der Waals surface area contributed by atoms with E-state index in [1.807, 2.05) is 13.0 Å². The van der Waals surface area contributed by atoms with Crippen molar-refractivity contribution in [3.05, 3.63) is 17.5 Å². The van der Waals surface area contributed by atoms with E-state index in [0.717, 1.165) is 18.7 Å². The molecule has 2 heterocycles. The molecule has 0 spiro atoms. The Hall–Kier alpha value is -1.07. The summed E-state index contributed by atoms with van der Waals surface area (Å²) in [5, 5.41) is 10.7. The van der Waals surface area contributed by atoms with Gasteiger partial charge in [0, 0.05) is 19.1 Å². The topological polar surface area (TPSA) is 59.0 Å². The van der Waals surface area contributed by atoms with Gasteiger partial charge in [-0.1, -0.05) is 6.92 Å². The van der Waals surface area contributed by atoms with Gasteiger partial charge in [-0.25, -0.2) is 0 Å². The van der Waals surface area contributed by atoms with Crippen molar-refractivity contribution >= 4 is 18.3 Å². The highest BCUT2D eigenvalue weighted by Gasteiger charge is 2.29. The van der Waals surface area contributed by atoms with Crippen LogP contribution in [0.25, 0.3) is 0 Å². The van der Waals surface area contributed by atoms with Crippen LogP contribution >= 0.6 is 12.4 Å². The Morgan fingerprint density at radius 1 is 1.53 bits per heavy atom. The molecular weight excluding hydrogens is 264 g/mol. The molecule has 3 atom stereocenters. The summed E-state index contributed by atoms with van der Waals surface area (Å²) in [5.41, 5.74) is 1.49. The van der Waals surface area contributed by atoms with Crippen LogP contribution in [-0.2, 0) is 7.05 Å². The fourth-order valence-electron chi connectivity index (χ4n) is 2.65. The number of aryl methyl sites for hydroxylation is 2. The number of rotatable bonds is 2. The van der Waals surface area contributed by atoms with Gasteiger partial charge >= 0.3 is 0 Å². The minimum absolute atomic E-state index is 0. The van der Waals surface area contributed by atoms with Crippen molar-refractivity contribution in [1.29, 1.82) is 0 Å². The van der Waals surface area contributed by atoms with Crippen LogP contribution < -0.4 is 10.6 Å². The molecule has 1 aliphatic rings. The minimum Gasteiger partial charge on any atom is -0.346 e. The van der Waals surface area contributed by atoms with Crippen LogP contribution in [0.4, 0.5) is 0 Å². The highest BCUT2D eigenvalue weighted by molar-refractivity contribution is 5.92. The Morgan fingerprint density at radius 3 is 2.74 bits per heavy atom. The lowest BCUT2D eigenvalue weighted by Crippen LogP contribution is -2.56. The number of carbonyl (C=O) groups is 1. The summed E-state index contributed by atoms with van der Waals surface area (Å²) in [4.78, 5) is 12.2. The first-order chi connectivity index (χ1) is 8.49. The van der Waals surface area contributed by atoms with Crippen molar-refractivity contribution in [3.63, 3.8) is 0 Å². The molecule has 108 valence electrons. The van der Waals surface area contributed by atoms with Gasteiger partial charge in [0.2, 0.25) is 0 Å². The maximum atomic E-state index is 12.2. The van der Waals surface area contributed by atoms with Gasteiger partial charge < -0.3 is 10.6 Å². The smallest absolute Gasteiger partial charge is 0.269 e. The molecule has 0 aromatic carbocycles. The molecule has 1 aromatic rings. The van der Waals surface area contributed by atoms with Crippen LogP contribution in [-0.4, -0.2) is 34.3 Å². The zero-order chi connectivity index (χ0) is 13.3. The molecule has 0 aliphatic carbocycles. The quantitative estimate of drug-likeness (QED) is 0.861. The van der Waals surface area contributed by atoms with E-state index in [4.69, 9.17) is 0 Å². The van der Waals surface area contributed by atoms with Crippen molar-refractivity contribution in [2.24, 2.45) is 13.0 Å². The van der Waals surface area contributed by atoms with Crippen LogP contribution in [0.1, 0.15) is 36.5 Å². The predicted molar refractivity (Wildman–Crippen MR) is 77.7 cm³/mol. The molecule has 6 heteroatoms. The van der Waals surface area contributed by atoms with Crippen LogP contribution in [0, 0.1) is 12.8 Å². The van der Waals surface area contributed by atoms with Crippen LogP contribution in [0.5, 0.6) is 0 Å². The average molecular weight is 287 g/mol. The first-order valence-electron chi connectivity index (χ1n) is 6.54. The SMILES string of the molecule is Cc1cc(C(=O)NC2C(C)CCNC2C)n(C)n1.Cl. The Bertz CT molecular complexity index is 436. The first kappa shape index (κ1) is 16.0. The fourth-order valence-corrected chi connectivity index (χ4v) is 2.65. The maximum Gasteiger partial charge on any atom is 0.269 e. The van der Waals surface area contributed by atoms with E-state index in [1.165, 1.54) is 0 Å². The van der Waals surface area contributed by atoms with Gasteiger partial charge in [0.15, 0.2) is 0 Å². The number of hydrogen-bond donors (Lipinski definition) is 2. The standard InChI is InChI=1S/C13H22N4O.ClH/c1-8-5-6-14-10(3)12(8)15-13(18)11-7-9(2)16-17(11)4;/h7-8,10,12,14H,5-6H2,1-4H3,(H,15,18);1H. The second-order valence-corrected chi connectivity index (χ2v) is 5.30. The Labute approximate surface area is 120 Å². The van der Waals surface area contributed by atoms with Crippen molar-refractivity contribution in [2.45, 2.75) is 39.3 Å². The van der Waals surface area contributed by atoms with E-state index >= 15 is 0 Å². The molecule has 1 aliphatic heterocycles. The zero-order valence-corrected chi connectivity index (χ0v) is 12.8. The van der Waals surface area contributed by atoms with Crippen molar-refractivity contribution in [1.82, 2.24) is 20.4 Å². The third-order valence-electron chi connectivity index (χ3n) is 3.75. The average Bonchev–Trinajstić information content (AvgIpc) is 2.63. The summed E-state index contributed by atoms with van der Waals surface area (Å²) in [6.45, 7) is 7.23. The molecule has 0 radical (unpaired) electrons. The molecule has 2 rings (SSSR count). The number of hydrogen-bond acceptors (Lipinski definition) is 3. The number of aromatic nitrogens is 2. The molecule has 1 amide bonds. The van der Waals surface area contributed by atoms with Gasteiger partial charge in [-0.05, 0) is 38.8 Å². The number of nitrogens with zero attached hydrogens (tertiary/aromatic N) is 2. The summed E-state index contributed by atoms with van der Waals surface area (Å²) >= 11 is 0. The van der Waals surface area contributed by atoms with E-state index in [2.05, 4.69) is 29.6 Å². The molecular formula is C13H23ClN4O. The van der Waals surface area contributed by atoms with Crippen LogP contribution in [0.3, 0.4) is 0 Å².